The van der Waals surface area contributed by atoms with E-state index >= 15 is 0 Å². The van der Waals surface area contributed by atoms with Gasteiger partial charge in [-0.3, -0.25) is 4.98 Å². The molecular weight excluding hydrogens is 361 g/mol. The van der Waals surface area contributed by atoms with Crippen LogP contribution in [0.5, 0.6) is 0 Å². The molecule has 1 heterocycles. The van der Waals surface area contributed by atoms with Gasteiger partial charge in [0.2, 0.25) is 0 Å². The monoisotopic (exact) mass is 377 g/mol. The van der Waals surface area contributed by atoms with Crippen molar-refractivity contribution in [1.29, 1.82) is 0 Å². The number of fused-ring (bicyclic) bond motifs is 9. The first kappa shape index (κ1) is 16.2. The van der Waals surface area contributed by atoms with Gasteiger partial charge in [0, 0.05) is 12.4 Å². The Bertz CT molecular complexity index is 1470. The minimum atomic E-state index is -0.392. The summed E-state index contributed by atoms with van der Waals surface area (Å²) < 4.78 is 0. The van der Waals surface area contributed by atoms with Crippen molar-refractivity contribution in [1.82, 2.24) is 4.98 Å². The van der Waals surface area contributed by atoms with Crippen LogP contribution in [0.4, 0.5) is 0 Å². The van der Waals surface area contributed by atoms with E-state index in [2.05, 4.69) is 90.0 Å². The van der Waals surface area contributed by atoms with Crippen LogP contribution in [0.2, 0.25) is 0 Å². The summed E-state index contributed by atoms with van der Waals surface area (Å²) in [6.07, 6.45) is 3.96. The van der Waals surface area contributed by atoms with Crippen LogP contribution in [0.1, 0.15) is 22.3 Å². The fourth-order valence-corrected chi connectivity index (χ4v) is 5.85. The van der Waals surface area contributed by atoms with E-state index in [1.807, 2.05) is 12.3 Å². The molecule has 2 aliphatic carbocycles. The van der Waals surface area contributed by atoms with Crippen molar-refractivity contribution in [3.05, 3.63) is 120 Å². The largest absolute Gasteiger partial charge is 0.264 e. The summed E-state index contributed by atoms with van der Waals surface area (Å²) >= 11 is 0. The molecule has 7 rings (SSSR count). The lowest BCUT2D eigenvalue weighted by Crippen LogP contribution is -2.32. The number of pyridine rings is 1. The third-order valence-corrected chi connectivity index (χ3v) is 6.95. The third-order valence-electron chi connectivity index (χ3n) is 6.95. The Kier molecular flexibility index (Phi) is 2.96. The average Bonchev–Trinajstić information content (AvgIpc) is 3.10. The van der Waals surface area contributed by atoms with Crippen molar-refractivity contribution in [2.24, 2.45) is 0 Å². The summed E-state index contributed by atoms with van der Waals surface area (Å²) in [4.78, 5) is 4.59. The van der Waals surface area contributed by atoms with E-state index in [0.717, 1.165) is 10.8 Å². The Hall–Kier alpha value is -3.65. The summed E-state index contributed by atoms with van der Waals surface area (Å²) in [6.45, 7) is 0. The van der Waals surface area contributed by atoms with Crippen LogP contribution in [0.3, 0.4) is 0 Å². The zero-order valence-electron chi connectivity index (χ0n) is 16.3. The minimum absolute atomic E-state index is 0.392. The molecule has 2 heteroatoms. The zero-order chi connectivity index (χ0) is 19.9. The minimum Gasteiger partial charge on any atom is -0.264 e. The summed E-state index contributed by atoms with van der Waals surface area (Å²) in [5.74, 6) is 0. The molecule has 0 saturated heterocycles. The lowest BCUT2D eigenvalue weighted by atomic mass is 9.61. The van der Waals surface area contributed by atoms with E-state index in [1.54, 1.807) is 0 Å². The van der Waals surface area contributed by atoms with Crippen LogP contribution >= 0.6 is 0 Å². The van der Waals surface area contributed by atoms with Gasteiger partial charge in [0.15, 0.2) is 0 Å². The van der Waals surface area contributed by atoms with Gasteiger partial charge in [0.1, 0.15) is 7.85 Å². The highest BCUT2D eigenvalue weighted by molar-refractivity contribution is 6.39. The Balaban J connectivity index is 1.80. The van der Waals surface area contributed by atoms with Crippen LogP contribution < -0.4 is 5.46 Å². The molecule has 1 spiro atoms. The molecule has 0 unspecified atom stereocenters. The molecule has 0 bridgehead atoms. The fraction of sp³-hybridized carbons (Fsp3) is 0.0357. The van der Waals surface area contributed by atoms with E-state index in [1.165, 1.54) is 49.9 Å². The number of benzene rings is 4. The second-order valence-corrected chi connectivity index (χ2v) is 8.19. The highest BCUT2D eigenvalue weighted by Crippen LogP contribution is 2.61. The molecule has 2 radical (unpaired) electrons. The number of rotatable bonds is 0. The molecule has 0 aliphatic heterocycles. The molecule has 4 aromatic carbocycles. The van der Waals surface area contributed by atoms with Crippen molar-refractivity contribution in [2.45, 2.75) is 5.41 Å². The molecular formula is C28H16BN. The summed E-state index contributed by atoms with van der Waals surface area (Å²) in [5, 5.41) is 2.37. The van der Waals surface area contributed by atoms with Crippen LogP contribution in [-0.4, -0.2) is 12.8 Å². The van der Waals surface area contributed by atoms with Crippen molar-refractivity contribution >= 4 is 24.1 Å². The summed E-state index contributed by atoms with van der Waals surface area (Å²) in [5.41, 5.74) is 10.7. The van der Waals surface area contributed by atoms with Gasteiger partial charge in [-0.1, -0.05) is 84.3 Å². The van der Waals surface area contributed by atoms with Crippen molar-refractivity contribution < 1.29 is 0 Å². The maximum absolute atomic E-state index is 6.46. The van der Waals surface area contributed by atoms with E-state index in [-0.39, 0.29) is 0 Å². The van der Waals surface area contributed by atoms with E-state index in [4.69, 9.17) is 7.85 Å². The average molecular weight is 377 g/mol. The topological polar surface area (TPSA) is 12.9 Å². The normalized spacial score (nSPS) is 14.4. The smallest absolute Gasteiger partial charge is 0.114 e. The highest BCUT2D eigenvalue weighted by atomic mass is 14.6. The molecule has 1 aromatic heterocycles. The Morgan fingerprint density at radius 2 is 1.23 bits per heavy atom. The van der Waals surface area contributed by atoms with Gasteiger partial charge in [-0.2, -0.15) is 0 Å². The molecule has 2 aliphatic rings. The molecule has 5 aromatic rings. The lowest BCUT2D eigenvalue weighted by Gasteiger charge is -2.39. The maximum Gasteiger partial charge on any atom is 0.114 e. The fourth-order valence-electron chi connectivity index (χ4n) is 5.85. The van der Waals surface area contributed by atoms with E-state index < -0.39 is 5.41 Å². The number of nitrogens with zero attached hydrogens (tertiary/aromatic N) is 1. The number of hydrogen-bond acceptors (Lipinski definition) is 1. The SMILES string of the molecule is [B]c1ccc2c3c(cccc13)C1(c3ccccc3-c3ccccc31)c1cnccc1-2. The van der Waals surface area contributed by atoms with Gasteiger partial charge in [0.05, 0.1) is 5.41 Å². The lowest BCUT2D eigenvalue weighted by molar-refractivity contribution is 0.767. The first-order valence-electron chi connectivity index (χ1n) is 10.3. The Morgan fingerprint density at radius 3 is 2.00 bits per heavy atom. The van der Waals surface area contributed by atoms with Gasteiger partial charge in [0.25, 0.3) is 0 Å². The standard InChI is InChI=1S/C28H16BN/c29-26-13-12-20-19-14-15-30-16-25(19)28(24-11-5-8-21(26)27(20)24)22-9-3-1-6-17(22)18-7-2-4-10-23(18)28/h1-16H. The van der Waals surface area contributed by atoms with Crippen LogP contribution in [0, 0.1) is 0 Å². The molecule has 0 fully saturated rings. The second-order valence-electron chi connectivity index (χ2n) is 8.19. The van der Waals surface area contributed by atoms with Crippen molar-refractivity contribution in [3.8, 4) is 22.3 Å². The van der Waals surface area contributed by atoms with E-state index in [9.17, 15) is 0 Å². The predicted molar refractivity (Wildman–Crippen MR) is 123 cm³/mol. The van der Waals surface area contributed by atoms with E-state index in [0.29, 0.717) is 0 Å². The van der Waals surface area contributed by atoms with Gasteiger partial charge in [-0.15, -0.1) is 0 Å². The predicted octanol–water partition coefficient (Wildman–Crippen LogP) is 5.37. The quantitative estimate of drug-likeness (QED) is 0.324. The number of hydrogen-bond donors (Lipinski definition) is 0. The Morgan fingerprint density at radius 1 is 0.567 bits per heavy atom. The van der Waals surface area contributed by atoms with Crippen LogP contribution in [0.25, 0.3) is 33.0 Å². The highest BCUT2D eigenvalue weighted by Gasteiger charge is 2.50. The molecule has 136 valence electrons. The second kappa shape index (κ2) is 5.49. The third kappa shape index (κ3) is 1.70. The molecule has 0 N–H and O–H groups in total. The van der Waals surface area contributed by atoms with Gasteiger partial charge in [-0.25, -0.2) is 0 Å². The Labute approximate surface area is 176 Å². The van der Waals surface area contributed by atoms with Gasteiger partial charge >= 0.3 is 0 Å². The van der Waals surface area contributed by atoms with Crippen molar-refractivity contribution in [2.75, 3.05) is 0 Å². The van der Waals surface area contributed by atoms with Crippen LogP contribution in [-0.2, 0) is 5.41 Å². The first-order valence-corrected chi connectivity index (χ1v) is 10.3. The van der Waals surface area contributed by atoms with Gasteiger partial charge < -0.3 is 0 Å². The van der Waals surface area contributed by atoms with Gasteiger partial charge in [-0.05, 0) is 61.3 Å². The molecule has 30 heavy (non-hydrogen) atoms. The zero-order valence-corrected chi connectivity index (χ0v) is 16.3. The van der Waals surface area contributed by atoms with Crippen molar-refractivity contribution in [3.63, 3.8) is 0 Å². The maximum atomic E-state index is 6.46. The summed E-state index contributed by atoms with van der Waals surface area (Å²) in [6, 6.07) is 30.5. The van der Waals surface area contributed by atoms with Crippen LogP contribution in [0.15, 0.2) is 97.3 Å². The molecule has 1 nitrogen and oxygen atoms in total. The molecule has 0 atom stereocenters. The molecule has 0 saturated carbocycles. The summed E-state index contributed by atoms with van der Waals surface area (Å²) in [7, 11) is 6.46. The molecule has 0 amide bonds. The first-order chi connectivity index (χ1) is 14.8. The number of aromatic nitrogens is 1.